The Labute approximate surface area is 100 Å². The van der Waals surface area contributed by atoms with Gasteiger partial charge in [-0.05, 0) is 42.3 Å². The van der Waals surface area contributed by atoms with Crippen LogP contribution in [0.2, 0.25) is 0 Å². The lowest BCUT2D eigenvalue weighted by Crippen LogP contribution is -2.12. The number of benzene rings is 1. The Morgan fingerprint density at radius 2 is 2.06 bits per heavy atom. The number of rotatable bonds is 3. The molecule has 2 rings (SSSR count). The number of halogens is 1. The first-order valence-corrected chi connectivity index (χ1v) is 5.72. The molecule has 1 aromatic carbocycles. The van der Waals surface area contributed by atoms with E-state index in [4.69, 9.17) is 10.2 Å². The predicted molar refractivity (Wildman–Crippen MR) is 65.3 cm³/mol. The standard InChI is InChI=1S/C14H16FNO/c1-3-11-6-7-13(17-11)14(16)12-8-10(15)5-4-9(12)2/h4-8,14H,3,16H2,1-2H3. The summed E-state index contributed by atoms with van der Waals surface area (Å²) in [5.74, 6) is 1.29. The number of furan rings is 1. The Kier molecular flexibility index (Phi) is 3.29. The van der Waals surface area contributed by atoms with E-state index in [1.54, 1.807) is 6.07 Å². The molecule has 2 N–H and O–H groups in total. The van der Waals surface area contributed by atoms with Gasteiger partial charge in [0, 0.05) is 6.42 Å². The fourth-order valence-corrected chi connectivity index (χ4v) is 1.85. The number of aryl methyl sites for hydroxylation is 2. The second-order valence-electron chi connectivity index (χ2n) is 4.14. The highest BCUT2D eigenvalue weighted by molar-refractivity contribution is 5.34. The summed E-state index contributed by atoms with van der Waals surface area (Å²) in [6.45, 7) is 3.93. The van der Waals surface area contributed by atoms with Gasteiger partial charge in [-0.1, -0.05) is 13.0 Å². The van der Waals surface area contributed by atoms with Crippen molar-refractivity contribution in [2.75, 3.05) is 0 Å². The SMILES string of the molecule is CCc1ccc(C(N)c2cc(F)ccc2C)o1. The third kappa shape index (κ3) is 2.39. The Balaban J connectivity index is 2.35. The molecule has 17 heavy (non-hydrogen) atoms. The molecule has 0 aliphatic heterocycles. The van der Waals surface area contributed by atoms with Crippen LogP contribution in [0.25, 0.3) is 0 Å². The highest BCUT2D eigenvalue weighted by Gasteiger charge is 2.15. The average molecular weight is 233 g/mol. The first-order valence-electron chi connectivity index (χ1n) is 5.72. The Morgan fingerprint density at radius 3 is 2.71 bits per heavy atom. The molecule has 0 spiro atoms. The molecule has 0 bridgehead atoms. The van der Waals surface area contributed by atoms with Gasteiger partial charge in [0.15, 0.2) is 0 Å². The van der Waals surface area contributed by atoms with Crippen LogP contribution in [-0.4, -0.2) is 0 Å². The van der Waals surface area contributed by atoms with Crippen molar-refractivity contribution in [1.82, 2.24) is 0 Å². The lowest BCUT2D eigenvalue weighted by molar-refractivity contribution is 0.453. The summed E-state index contributed by atoms with van der Waals surface area (Å²) in [5, 5.41) is 0. The van der Waals surface area contributed by atoms with Crippen molar-refractivity contribution in [2.24, 2.45) is 5.73 Å². The second kappa shape index (κ2) is 4.72. The molecule has 0 radical (unpaired) electrons. The lowest BCUT2D eigenvalue weighted by atomic mass is 10.00. The van der Waals surface area contributed by atoms with E-state index in [2.05, 4.69) is 0 Å². The van der Waals surface area contributed by atoms with E-state index in [9.17, 15) is 4.39 Å². The highest BCUT2D eigenvalue weighted by Crippen LogP contribution is 2.25. The molecule has 1 heterocycles. The van der Waals surface area contributed by atoms with Gasteiger partial charge in [0.1, 0.15) is 17.3 Å². The van der Waals surface area contributed by atoms with Gasteiger partial charge in [0.25, 0.3) is 0 Å². The predicted octanol–water partition coefficient (Wildman–Crippen LogP) is 3.34. The molecular weight excluding hydrogens is 217 g/mol. The van der Waals surface area contributed by atoms with Crippen molar-refractivity contribution in [1.29, 1.82) is 0 Å². The fraction of sp³-hybridized carbons (Fsp3) is 0.286. The Hall–Kier alpha value is -1.61. The Morgan fingerprint density at radius 1 is 1.29 bits per heavy atom. The zero-order chi connectivity index (χ0) is 12.4. The molecule has 0 aliphatic carbocycles. The summed E-state index contributed by atoms with van der Waals surface area (Å²) in [6.07, 6.45) is 0.828. The molecule has 2 aromatic rings. The summed E-state index contributed by atoms with van der Waals surface area (Å²) in [6, 6.07) is 7.98. The summed E-state index contributed by atoms with van der Waals surface area (Å²) >= 11 is 0. The molecular formula is C14H16FNO. The van der Waals surface area contributed by atoms with E-state index >= 15 is 0 Å². The fourth-order valence-electron chi connectivity index (χ4n) is 1.85. The van der Waals surface area contributed by atoms with Crippen LogP contribution in [0, 0.1) is 12.7 Å². The van der Waals surface area contributed by atoms with Crippen LogP contribution in [0.4, 0.5) is 4.39 Å². The van der Waals surface area contributed by atoms with Crippen LogP contribution < -0.4 is 5.73 Å². The third-order valence-electron chi connectivity index (χ3n) is 2.91. The zero-order valence-electron chi connectivity index (χ0n) is 10.0. The van der Waals surface area contributed by atoms with Crippen molar-refractivity contribution in [2.45, 2.75) is 26.3 Å². The van der Waals surface area contributed by atoms with Gasteiger partial charge in [-0.15, -0.1) is 0 Å². The van der Waals surface area contributed by atoms with Crippen molar-refractivity contribution < 1.29 is 8.81 Å². The monoisotopic (exact) mass is 233 g/mol. The molecule has 1 atom stereocenters. The average Bonchev–Trinajstić information content (AvgIpc) is 2.80. The van der Waals surface area contributed by atoms with Gasteiger partial charge < -0.3 is 10.2 Å². The van der Waals surface area contributed by atoms with E-state index in [1.165, 1.54) is 12.1 Å². The van der Waals surface area contributed by atoms with E-state index in [-0.39, 0.29) is 5.82 Å². The Bertz CT molecular complexity index is 519. The molecule has 0 aliphatic rings. The first-order chi connectivity index (χ1) is 8.11. The molecule has 1 aromatic heterocycles. The lowest BCUT2D eigenvalue weighted by Gasteiger charge is -2.12. The maximum Gasteiger partial charge on any atom is 0.125 e. The number of hydrogen-bond donors (Lipinski definition) is 1. The first kappa shape index (κ1) is 11.9. The summed E-state index contributed by atoms with van der Waals surface area (Å²) in [7, 11) is 0. The molecule has 0 saturated carbocycles. The van der Waals surface area contributed by atoms with Crippen molar-refractivity contribution in [3.63, 3.8) is 0 Å². The van der Waals surface area contributed by atoms with Gasteiger partial charge >= 0.3 is 0 Å². The molecule has 1 unspecified atom stereocenters. The molecule has 0 amide bonds. The van der Waals surface area contributed by atoms with Crippen LogP contribution in [0.3, 0.4) is 0 Å². The van der Waals surface area contributed by atoms with E-state index in [0.29, 0.717) is 5.76 Å². The van der Waals surface area contributed by atoms with Crippen LogP contribution in [-0.2, 0) is 6.42 Å². The van der Waals surface area contributed by atoms with Gasteiger partial charge in [0.05, 0.1) is 6.04 Å². The van der Waals surface area contributed by atoms with Crippen LogP contribution in [0.5, 0.6) is 0 Å². The number of hydrogen-bond acceptors (Lipinski definition) is 2. The van der Waals surface area contributed by atoms with Gasteiger partial charge in [-0.2, -0.15) is 0 Å². The third-order valence-corrected chi connectivity index (χ3v) is 2.91. The molecule has 2 nitrogen and oxygen atoms in total. The van der Waals surface area contributed by atoms with Crippen LogP contribution >= 0.6 is 0 Å². The normalized spacial score (nSPS) is 12.7. The summed E-state index contributed by atoms with van der Waals surface area (Å²) in [4.78, 5) is 0. The van der Waals surface area contributed by atoms with Crippen molar-refractivity contribution >= 4 is 0 Å². The molecule has 0 saturated heterocycles. The molecule has 3 heteroatoms. The quantitative estimate of drug-likeness (QED) is 0.883. The van der Waals surface area contributed by atoms with Crippen LogP contribution in [0.1, 0.15) is 35.6 Å². The van der Waals surface area contributed by atoms with Gasteiger partial charge in [-0.25, -0.2) is 4.39 Å². The van der Waals surface area contributed by atoms with Gasteiger partial charge in [-0.3, -0.25) is 0 Å². The zero-order valence-corrected chi connectivity index (χ0v) is 10.0. The van der Waals surface area contributed by atoms with Gasteiger partial charge in [0.2, 0.25) is 0 Å². The topological polar surface area (TPSA) is 39.2 Å². The minimum atomic E-state index is -0.411. The smallest absolute Gasteiger partial charge is 0.125 e. The van der Waals surface area contributed by atoms with Crippen molar-refractivity contribution in [3.8, 4) is 0 Å². The molecule has 0 fully saturated rings. The van der Waals surface area contributed by atoms with Crippen LogP contribution in [0.15, 0.2) is 34.7 Å². The minimum Gasteiger partial charge on any atom is -0.464 e. The largest absolute Gasteiger partial charge is 0.464 e. The van der Waals surface area contributed by atoms with E-state index in [0.717, 1.165) is 23.3 Å². The second-order valence-corrected chi connectivity index (χ2v) is 4.14. The minimum absolute atomic E-state index is 0.275. The molecule has 90 valence electrons. The maximum absolute atomic E-state index is 13.2. The van der Waals surface area contributed by atoms with Crippen molar-refractivity contribution in [3.05, 3.63) is 58.8 Å². The van der Waals surface area contributed by atoms with E-state index in [1.807, 2.05) is 26.0 Å². The summed E-state index contributed by atoms with van der Waals surface area (Å²) < 4.78 is 18.8. The maximum atomic E-state index is 13.2. The van der Waals surface area contributed by atoms with E-state index < -0.39 is 6.04 Å². The number of nitrogens with two attached hydrogens (primary N) is 1. The highest BCUT2D eigenvalue weighted by atomic mass is 19.1. The summed E-state index contributed by atoms with van der Waals surface area (Å²) in [5.41, 5.74) is 7.83.